The van der Waals surface area contributed by atoms with E-state index < -0.39 is 5.97 Å². The Kier molecular flexibility index (Phi) is 17.0. The van der Waals surface area contributed by atoms with Crippen molar-refractivity contribution in [2.24, 2.45) is 0 Å². The molecule has 0 aromatic carbocycles. The molecule has 0 bridgehead atoms. The van der Waals surface area contributed by atoms with E-state index in [4.69, 9.17) is 4.74 Å². The molecule has 6 heteroatoms. The van der Waals surface area contributed by atoms with Crippen LogP contribution in [0.15, 0.2) is 12.1 Å². The van der Waals surface area contributed by atoms with Crippen LogP contribution in [0.2, 0.25) is 0 Å². The second kappa shape index (κ2) is 19.1. The number of rotatable bonds is 20. The molecule has 1 rings (SSSR count). The van der Waals surface area contributed by atoms with E-state index in [-0.39, 0.29) is 12.5 Å². The number of anilines is 1. The number of hydrogen-bond acceptors (Lipinski definition) is 5. The van der Waals surface area contributed by atoms with Gasteiger partial charge in [-0.1, -0.05) is 90.4 Å². The Morgan fingerprint density at radius 1 is 0.806 bits per heavy atom. The van der Waals surface area contributed by atoms with Crippen molar-refractivity contribution in [1.82, 2.24) is 5.32 Å². The van der Waals surface area contributed by atoms with Gasteiger partial charge in [0.25, 0.3) is 5.91 Å². The molecule has 0 saturated heterocycles. The lowest BCUT2D eigenvalue weighted by molar-refractivity contribution is -0.141. The van der Waals surface area contributed by atoms with Crippen LogP contribution in [0, 0.1) is 0 Å². The highest BCUT2D eigenvalue weighted by atomic mass is 32.1. The third kappa shape index (κ3) is 15.0. The molecule has 0 unspecified atom stereocenters. The lowest BCUT2D eigenvalue weighted by Gasteiger charge is -2.05. The van der Waals surface area contributed by atoms with Crippen molar-refractivity contribution in [2.45, 2.75) is 104 Å². The number of amides is 1. The van der Waals surface area contributed by atoms with E-state index >= 15 is 0 Å². The normalized spacial score (nSPS) is 10.8. The number of unbranched alkanes of at least 4 members (excludes halogenated alkanes) is 13. The fourth-order valence-electron chi connectivity index (χ4n) is 3.54. The third-order valence-electron chi connectivity index (χ3n) is 5.36. The zero-order valence-electron chi connectivity index (χ0n) is 19.8. The summed E-state index contributed by atoms with van der Waals surface area (Å²) in [5.74, 6) is -0.647. The molecule has 1 aromatic rings. The van der Waals surface area contributed by atoms with Crippen molar-refractivity contribution in [3.05, 3.63) is 17.0 Å². The maximum absolute atomic E-state index is 12.0. The van der Waals surface area contributed by atoms with Crippen LogP contribution in [0.4, 0.5) is 5.00 Å². The number of hydrogen-bond donors (Lipinski definition) is 2. The molecule has 0 aliphatic carbocycles. The summed E-state index contributed by atoms with van der Waals surface area (Å²) in [5, 5.41) is 6.98. The summed E-state index contributed by atoms with van der Waals surface area (Å²) < 4.78 is 4.81. The molecule has 5 nitrogen and oxygen atoms in total. The molecule has 178 valence electrons. The molecule has 1 aromatic heterocycles. The SMILES string of the molecule is CCCCCCCCCCCCCCCCNc1ccc(C(=O)NCC(=O)OCC)s1. The molecular formula is C25H44N2O3S. The van der Waals surface area contributed by atoms with Gasteiger partial charge in [0.1, 0.15) is 6.54 Å². The Hall–Kier alpha value is -1.56. The summed E-state index contributed by atoms with van der Waals surface area (Å²) in [7, 11) is 0. The van der Waals surface area contributed by atoms with Crippen LogP contribution in [-0.2, 0) is 9.53 Å². The third-order valence-corrected chi connectivity index (χ3v) is 6.40. The van der Waals surface area contributed by atoms with Gasteiger partial charge in [-0.3, -0.25) is 9.59 Å². The predicted octanol–water partition coefficient (Wildman–Crippen LogP) is 6.93. The first-order chi connectivity index (χ1) is 15.2. The number of thiophene rings is 1. The van der Waals surface area contributed by atoms with Gasteiger partial charge in [0, 0.05) is 6.54 Å². The van der Waals surface area contributed by atoms with Crippen molar-refractivity contribution >= 4 is 28.2 Å². The first kappa shape index (κ1) is 27.5. The molecule has 31 heavy (non-hydrogen) atoms. The molecule has 1 heterocycles. The Balaban J connectivity index is 1.94. The minimum absolute atomic E-state index is 0.0909. The Labute approximate surface area is 193 Å². The fourth-order valence-corrected chi connectivity index (χ4v) is 4.39. The summed E-state index contributed by atoms with van der Waals surface area (Å²) in [5.41, 5.74) is 0. The van der Waals surface area contributed by atoms with Gasteiger partial charge in [-0.15, -0.1) is 11.3 Å². The average Bonchev–Trinajstić information content (AvgIpc) is 3.24. The van der Waals surface area contributed by atoms with Crippen LogP contribution in [0.3, 0.4) is 0 Å². The van der Waals surface area contributed by atoms with Crippen molar-refractivity contribution in [1.29, 1.82) is 0 Å². The van der Waals surface area contributed by atoms with Crippen molar-refractivity contribution in [3.8, 4) is 0 Å². The van der Waals surface area contributed by atoms with Gasteiger partial charge in [-0.25, -0.2) is 0 Å². The van der Waals surface area contributed by atoms with Gasteiger partial charge < -0.3 is 15.4 Å². The molecule has 0 aliphatic rings. The Morgan fingerprint density at radius 3 is 1.90 bits per heavy atom. The lowest BCUT2D eigenvalue weighted by Crippen LogP contribution is -2.30. The monoisotopic (exact) mass is 452 g/mol. The highest BCUT2D eigenvalue weighted by molar-refractivity contribution is 7.17. The van der Waals surface area contributed by atoms with E-state index in [9.17, 15) is 9.59 Å². The highest BCUT2D eigenvalue weighted by Crippen LogP contribution is 2.22. The second-order valence-corrected chi connectivity index (χ2v) is 9.26. The summed E-state index contributed by atoms with van der Waals surface area (Å²) in [6, 6.07) is 3.71. The first-order valence-corrected chi connectivity index (χ1v) is 13.3. The van der Waals surface area contributed by atoms with Crippen LogP contribution in [0.1, 0.15) is 113 Å². The van der Waals surface area contributed by atoms with E-state index in [1.165, 1.54) is 94.8 Å². The van der Waals surface area contributed by atoms with E-state index in [2.05, 4.69) is 17.6 Å². The van der Waals surface area contributed by atoms with E-state index in [0.717, 1.165) is 18.0 Å². The zero-order valence-corrected chi connectivity index (χ0v) is 20.6. The second-order valence-electron chi connectivity index (χ2n) is 8.17. The quantitative estimate of drug-likeness (QED) is 0.166. The smallest absolute Gasteiger partial charge is 0.325 e. The van der Waals surface area contributed by atoms with Crippen LogP contribution in [0.5, 0.6) is 0 Å². The Morgan fingerprint density at radius 2 is 1.35 bits per heavy atom. The molecule has 0 radical (unpaired) electrons. The van der Waals surface area contributed by atoms with Crippen LogP contribution < -0.4 is 10.6 Å². The molecule has 0 saturated carbocycles. The summed E-state index contributed by atoms with van der Waals surface area (Å²) in [6.07, 6.45) is 19.1. The van der Waals surface area contributed by atoms with E-state index in [1.807, 2.05) is 6.07 Å². The first-order valence-electron chi connectivity index (χ1n) is 12.4. The van der Waals surface area contributed by atoms with Crippen molar-refractivity contribution in [2.75, 3.05) is 25.0 Å². The molecular weight excluding hydrogens is 408 g/mol. The molecule has 0 atom stereocenters. The van der Waals surface area contributed by atoms with Gasteiger partial charge in [0.05, 0.1) is 16.5 Å². The van der Waals surface area contributed by atoms with Gasteiger partial charge in [-0.2, -0.15) is 0 Å². The Bertz CT molecular complexity index is 589. The van der Waals surface area contributed by atoms with E-state index in [0.29, 0.717) is 11.5 Å². The fraction of sp³-hybridized carbons (Fsp3) is 0.760. The molecule has 2 N–H and O–H groups in total. The minimum Gasteiger partial charge on any atom is -0.465 e. The predicted molar refractivity (Wildman–Crippen MR) is 132 cm³/mol. The lowest BCUT2D eigenvalue weighted by atomic mass is 10.0. The van der Waals surface area contributed by atoms with Gasteiger partial charge >= 0.3 is 5.97 Å². The molecule has 0 fully saturated rings. The van der Waals surface area contributed by atoms with Gasteiger partial charge in [0.2, 0.25) is 0 Å². The van der Waals surface area contributed by atoms with Gasteiger partial charge in [0.15, 0.2) is 0 Å². The highest BCUT2D eigenvalue weighted by Gasteiger charge is 2.11. The van der Waals surface area contributed by atoms with Crippen LogP contribution in [-0.4, -0.2) is 31.6 Å². The maximum Gasteiger partial charge on any atom is 0.325 e. The number of esters is 1. The minimum atomic E-state index is -0.413. The van der Waals surface area contributed by atoms with Crippen molar-refractivity contribution in [3.63, 3.8) is 0 Å². The number of carbonyl (C=O) groups excluding carboxylic acids is 2. The zero-order chi connectivity index (χ0) is 22.6. The molecule has 0 aliphatic heterocycles. The average molecular weight is 453 g/mol. The van der Waals surface area contributed by atoms with Crippen LogP contribution in [0.25, 0.3) is 0 Å². The molecule has 1 amide bonds. The summed E-state index contributed by atoms with van der Waals surface area (Å²) in [4.78, 5) is 24.0. The van der Waals surface area contributed by atoms with Gasteiger partial charge in [-0.05, 0) is 25.5 Å². The van der Waals surface area contributed by atoms with E-state index in [1.54, 1.807) is 13.0 Å². The summed E-state index contributed by atoms with van der Waals surface area (Å²) in [6.45, 7) is 5.18. The topological polar surface area (TPSA) is 67.4 Å². The molecule has 0 spiro atoms. The summed E-state index contributed by atoms with van der Waals surface area (Å²) >= 11 is 1.42. The number of nitrogens with one attached hydrogen (secondary N) is 2. The standard InChI is InChI=1S/C25H44N2O3S/c1-3-5-6-7-8-9-10-11-12-13-14-15-16-17-20-26-23-19-18-22(31-23)25(29)27-21-24(28)30-4-2/h18-19,26H,3-17,20-21H2,1-2H3,(H,27,29). The number of carbonyl (C=O) groups is 2. The van der Waals surface area contributed by atoms with Crippen molar-refractivity contribution < 1.29 is 14.3 Å². The number of ether oxygens (including phenoxy) is 1. The van der Waals surface area contributed by atoms with Crippen LogP contribution >= 0.6 is 11.3 Å². The largest absolute Gasteiger partial charge is 0.465 e. The maximum atomic E-state index is 12.0.